The van der Waals surface area contributed by atoms with Crippen LogP contribution < -0.4 is 0 Å². The van der Waals surface area contributed by atoms with Crippen LogP contribution in [0.25, 0.3) is 0 Å². The van der Waals surface area contributed by atoms with Crippen LogP contribution in [0.2, 0.25) is 0 Å². The predicted octanol–water partition coefficient (Wildman–Crippen LogP) is 4.75. The summed E-state index contributed by atoms with van der Waals surface area (Å²) >= 11 is 0. The Labute approximate surface area is 138 Å². The highest BCUT2D eigenvalue weighted by molar-refractivity contribution is 5.15. The lowest BCUT2D eigenvalue weighted by atomic mass is 9.91. The van der Waals surface area contributed by atoms with Crippen LogP contribution in [0.15, 0.2) is 72.8 Å². The SMILES string of the molecule is C[C@]1(COCc2ccccc2)C=C[C@@H](OCc2ccccc2)C1. The van der Waals surface area contributed by atoms with Gasteiger partial charge in [-0.3, -0.25) is 0 Å². The molecule has 0 bridgehead atoms. The largest absolute Gasteiger partial charge is 0.376 e. The number of hydrogen-bond acceptors (Lipinski definition) is 2. The topological polar surface area (TPSA) is 18.5 Å². The van der Waals surface area contributed by atoms with E-state index < -0.39 is 0 Å². The molecule has 3 rings (SSSR count). The van der Waals surface area contributed by atoms with E-state index in [0.29, 0.717) is 13.2 Å². The molecule has 2 nitrogen and oxygen atoms in total. The van der Waals surface area contributed by atoms with Gasteiger partial charge in [-0.05, 0) is 17.5 Å². The molecule has 0 unspecified atom stereocenters. The van der Waals surface area contributed by atoms with Crippen molar-refractivity contribution >= 4 is 0 Å². The highest BCUT2D eigenvalue weighted by Gasteiger charge is 2.30. The average molecular weight is 308 g/mol. The molecular weight excluding hydrogens is 284 g/mol. The molecule has 0 spiro atoms. The van der Waals surface area contributed by atoms with Gasteiger partial charge < -0.3 is 9.47 Å². The molecule has 0 N–H and O–H groups in total. The summed E-state index contributed by atoms with van der Waals surface area (Å²) in [6, 6.07) is 20.6. The normalized spacial score (nSPS) is 23.3. The number of rotatable bonds is 7. The van der Waals surface area contributed by atoms with Crippen molar-refractivity contribution in [3.05, 3.63) is 83.9 Å². The molecule has 0 saturated heterocycles. The fourth-order valence-electron chi connectivity index (χ4n) is 2.91. The third kappa shape index (κ3) is 4.78. The zero-order chi connectivity index (χ0) is 16.0. The molecule has 0 aromatic heterocycles. The van der Waals surface area contributed by atoms with E-state index in [1.165, 1.54) is 11.1 Å². The third-order valence-electron chi connectivity index (χ3n) is 4.23. The van der Waals surface area contributed by atoms with Crippen LogP contribution in [-0.4, -0.2) is 12.7 Å². The van der Waals surface area contributed by atoms with Crippen LogP contribution in [0.3, 0.4) is 0 Å². The summed E-state index contributed by atoms with van der Waals surface area (Å²) < 4.78 is 11.9. The summed E-state index contributed by atoms with van der Waals surface area (Å²) in [7, 11) is 0. The van der Waals surface area contributed by atoms with Crippen LogP contribution in [0, 0.1) is 5.41 Å². The van der Waals surface area contributed by atoms with Gasteiger partial charge in [-0.1, -0.05) is 79.7 Å². The van der Waals surface area contributed by atoms with Crippen LogP contribution in [-0.2, 0) is 22.7 Å². The molecule has 2 atom stereocenters. The fraction of sp³-hybridized carbons (Fsp3) is 0.333. The lowest BCUT2D eigenvalue weighted by Crippen LogP contribution is -2.22. The van der Waals surface area contributed by atoms with Crippen molar-refractivity contribution in [3.8, 4) is 0 Å². The molecule has 2 aromatic carbocycles. The Hall–Kier alpha value is -1.90. The monoisotopic (exact) mass is 308 g/mol. The first-order chi connectivity index (χ1) is 11.2. The summed E-state index contributed by atoms with van der Waals surface area (Å²) in [6.07, 6.45) is 5.58. The van der Waals surface area contributed by atoms with Gasteiger partial charge >= 0.3 is 0 Å². The molecule has 0 amide bonds. The van der Waals surface area contributed by atoms with Crippen molar-refractivity contribution in [2.75, 3.05) is 6.61 Å². The van der Waals surface area contributed by atoms with Crippen LogP contribution >= 0.6 is 0 Å². The number of benzene rings is 2. The van der Waals surface area contributed by atoms with E-state index in [0.717, 1.165) is 13.0 Å². The molecule has 0 radical (unpaired) electrons. The average Bonchev–Trinajstić information content (AvgIpc) is 2.96. The minimum absolute atomic E-state index is 0.0656. The van der Waals surface area contributed by atoms with E-state index >= 15 is 0 Å². The van der Waals surface area contributed by atoms with Gasteiger partial charge in [0.05, 0.1) is 25.9 Å². The maximum atomic E-state index is 6.01. The van der Waals surface area contributed by atoms with Crippen LogP contribution in [0.1, 0.15) is 24.5 Å². The quantitative estimate of drug-likeness (QED) is 0.687. The van der Waals surface area contributed by atoms with E-state index in [4.69, 9.17) is 9.47 Å². The summed E-state index contributed by atoms with van der Waals surface area (Å²) in [6.45, 7) is 4.29. The third-order valence-corrected chi connectivity index (χ3v) is 4.23. The van der Waals surface area contributed by atoms with E-state index in [1.807, 2.05) is 36.4 Å². The molecule has 1 aliphatic rings. The van der Waals surface area contributed by atoms with Crippen molar-refractivity contribution in [1.82, 2.24) is 0 Å². The minimum Gasteiger partial charge on any atom is -0.376 e. The maximum Gasteiger partial charge on any atom is 0.0769 e. The highest BCUT2D eigenvalue weighted by Crippen LogP contribution is 2.34. The molecule has 23 heavy (non-hydrogen) atoms. The molecular formula is C21H24O2. The van der Waals surface area contributed by atoms with Gasteiger partial charge in [0.1, 0.15) is 0 Å². The van der Waals surface area contributed by atoms with Gasteiger partial charge in [-0.15, -0.1) is 0 Å². The first kappa shape index (κ1) is 16.0. The Morgan fingerprint density at radius 2 is 1.52 bits per heavy atom. The minimum atomic E-state index is 0.0656. The van der Waals surface area contributed by atoms with Crippen molar-refractivity contribution < 1.29 is 9.47 Å². The van der Waals surface area contributed by atoms with Crippen LogP contribution in [0.5, 0.6) is 0 Å². The number of hydrogen-bond donors (Lipinski definition) is 0. The van der Waals surface area contributed by atoms with E-state index in [-0.39, 0.29) is 11.5 Å². The van der Waals surface area contributed by atoms with Crippen molar-refractivity contribution in [2.45, 2.75) is 32.7 Å². The Morgan fingerprint density at radius 3 is 2.17 bits per heavy atom. The van der Waals surface area contributed by atoms with Crippen molar-refractivity contribution in [2.24, 2.45) is 5.41 Å². The zero-order valence-corrected chi connectivity index (χ0v) is 13.7. The fourth-order valence-corrected chi connectivity index (χ4v) is 2.91. The standard InChI is InChI=1S/C21H24O2/c1-21(17-22-15-18-8-4-2-5-9-18)13-12-20(14-21)23-16-19-10-6-3-7-11-19/h2-13,20H,14-17H2,1H3/t20-,21+/m1/s1. The second-order valence-electron chi connectivity index (χ2n) is 6.53. The second kappa shape index (κ2) is 7.58. The molecule has 0 aliphatic heterocycles. The Balaban J connectivity index is 1.42. The van der Waals surface area contributed by atoms with Gasteiger partial charge in [0.25, 0.3) is 0 Å². The molecule has 1 aliphatic carbocycles. The van der Waals surface area contributed by atoms with Gasteiger partial charge in [0, 0.05) is 5.41 Å². The summed E-state index contributed by atoms with van der Waals surface area (Å²) in [5, 5.41) is 0. The molecule has 0 fully saturated rings. The van der Waals surface area contributed by atoms with Crippen molar-refractivity contribution in [1.29, 1.82) is 0 Å². The van der Waals surface area contributed by atoms with Gasteiger partial charge in [0.2, 0.25) is 0 Å². The zero-order valence-electron chi connectivity index (χ0n) is 13.7. The van der Waals surface area contributed by atoms with Gasteiger partial charge in [0.15, 0.2) is 0 Å². The van der Waals surface area contributed by atoms with E-state index in [9.17, 15) is 0 Å². The Bertz CT molecular complexity index is 621. The predicted molar refractivity (Wildman–Crippen MR) is 93.0 cm³/mol. The molecule has 0 saturated carbocycles. The molecule has 0 heterocycles. The Morgan fingerprint density at radius 1 is 0.913 bits per heavy atom. The first-order valence-corrected chi connectivity index (χ1v) is 8.20. The number of ether oxygens (including phenoxy) is 2. The first-order valence-electron chi connectivity index (χ1n) is 8.20. The lowest BCUT2D eigenvalue weighted by molar-refractivity contribution is 0.0226. The summed E-state index contributed by atoms with van der Waals surface area (Å²) in [5.41, 5.74) is 2.50. The smallest absolute Gasteiger partial charge is 0.0769 e. The summed E-state index contributed by atoms with van der Waals surface area (Å²) in [5.74, 6) is 0. The lowest BCUT2D eigenvalue weighted by Gasteiger charge is -2.23. The molecule has 120 valence electrons. The Kier molecular flexibility index (Phi) is 5.27. The van der Waals surface area contributed by atoms with Crippen molar-refractivity contribution in [3.63, 3.8) is 0 Å². The van der Waals surface area contributed by atoms with Crippen LogP contribution in [0.4, 0.5) is 0 Å². The highest BCUT2D eigenvalue weighted by atomic mass is 16.5. The summed E-state index contributed by atoms with van der Waals surface area (Å²) in [4.78, 5) is 0. The maximum absolute atomic E-state index is 6.01. The van der Waals surface area contributed by atoms with Gasteiger partial charge in [-0.25, -0.2) is 0 Å². The van der Waals surface area contributed by atoms with E-state index in [2.05, 4.69) is 43.3 Å². The second-order valence-corrected chi connectivity index (χ2v) is 6.53. The molecule has 2 aromatic rings. The molecule has 2 heteroatoms. The van der Waals surface area contributed by atoms with Gasteiger partial charge in [-0.2, -0.15) is 0 Å². The van der Waals surface area contributed by atoms with E-state index in [1.54, 1.807) is 0 Å².